The molecule has 0 saturated heterocycles. The van der Waals surface area contributed by atoms with E-state index in [0.717, 1.165) is 62.0 Å². The van der Waals surface area contributed by atoms with Crippen molar-refractivity contribution in [1.29, 1.82) is 0 Å². The standard InChI is InChI=1S/C35H30ClN3/c1-23-18-19-30(25(3)20-23)38-34(27-12-7-5-8-13-27)31-16-11-17-32(37-31)35(28-14-9-6-10-15-28)39-33-26(4)21-24(2)22-29(33)36/h5-22H,1-4H3/b38-34+,39-35+. The molecule has 192 valence electrons. The van der Waals surface area contributed by atoms with Crippen molar-refractivity contribution in [2.45, 2.75) is 27.7 Å². The second kappa shape index (κ2) is 11.6. The van der Waals surface area contributed by atoms with E-state index >= 15 is 0 Å². The van der Waals surface area contributed by atoms with Crippen LogP contribution in [0, 0.1) is 27.7 Å². The molecular weight excluding hydrogens is 498 g/mol. The molecule has 0 bridgehead atoms. The second-order valence-electron chi connectivity index (χ2n) is 9.76. The van der Waals surface area contributed by atoms with Crippen molar-refractivity contribution in [3.8, 4) is 0 Å². The van der Waals surface area contributed by atoms with Gasteiger partial charge in [-0.25, -0.2) is 15.0 Å². The summed E-state index contributed by atoms with van der Waals surface area (Å²) in [5, 5.41) is 0.624. The lowest BCUT2D eigenvalue weighted by Gasteiger charge is -2.13. The van der Waals surface area contributed by atoms with E-state index in [-0.39, 0.29) is 0 Å². The highest BCUT2D eigenvalue weighted by Crippen LogP contribution is 2.32. The first-order chi connectivity index (χ1) is 18.9. The average molecular weight is 528 g/mol. The fourth-order valence-electron chi connectivity index (χ4n) is 4.64. The maximum atomic E-state index is 6.69. The number of pyridine rings is 1. The summed E-state index contributed by atoms with van der Waals surface area (Å²) >= 11 is 6.69. The number of benzene rings is 4. The van der Waals surface area contributed by atoms with Gasteiger partial charge in [-0.05, 0) is 68.7 Å². The van der Waals surface area contributed by atoms with E-state index in [1.807, 2.05) is 86.6 Å². The molecule has 39 heavy (non-hydrogen) atoms. The molecule has 0 saturated carbocycles. The lowest BCUT2D eigenvalue weighted by Crippen LogP contribution is -2.12. The van der Waals surface area contributed by atoms with Gasteiger partial charge in [0, 0.05) is 11.1 Å². The first kappa shape index (κ1) is 26.3. The van der Waals surface area contributed by atoms with E-state index in [1.54, 1.807) is 0 Å². The quantitative estimate of drug-likeness (QED) is 0.203. The Morgan fingerprint density at radius 2 is 1.13 bits per heavy atom. The average Bonchev–Trinajstić information content (AvgIpc) is 2.93. The molecule has 0 aliphatic rings. The molecule has 0 aliphatic carbocycles. The molecule has 0 N–H and O–H groups in total. The minimum Gasteiger partial charge on any atom is -0.246 e. The fraction of sp³-hybridized carbons (Fsp3) is 0.114. The van der Waals surface area contributed by atoms with Crippen molar-refractivity contribution in [2.75, 3.05) is 0 Å². The molecule has 0 fully saturated rings. The molecule has 0 amide bonds. The number of hydrogen-bond acceptors (Lipinski definition) is 3. The Labute approximate surface area is 235 Å². The molecule has 0 aliphatic heterocycles. The van der Waals surface area contributed by atoms with Gasteiger partial charge in [0.1, 0.15) is 0 Å². The van der Waals surface area contributed by atoms with Crippen LogP contribution in [0.15, 0.2) is 119 Å². The van der Waals surface area contributed by atoms with Gasteiger partial charge in [0.05, 0.1) is 39.2 Å². The van der Waals surface area contributed by atoms with E-state index in [1.165, 1.54) is 5.56 Å². The van der Waals surface area contributed by atoms with Crippen LogP contribution in [0.4, 0.5) is 11.4 Å². The van der Waals surface area contributed by atoms with Gasteiger partial charge >= 0.3 is 0 Å². The summed E-state index contributed by atoms with van der Waals surface area (Å²) in [5.41, 5.74) is 11.2. The smallest absolute Gasteiger partial charge is 0.0966 e. The maximum Gasteiger partial charge on any atom is 0.0966 e. The number of nitrogens with zero attached hydrogens (tertiary/aromatic N) is 3. The van der Waals surface area contributed by atoms with Gasteiger partial charge < -0.3 is 0 Å². The summed E-state index contributed by atoms with van der Waals surface area (Å²) in [6.45, 7) is 8.26. The van der Waals surface area contributed by atoms with E-state index in [4.69, 9.17) is 26.6 Å². The summed E-state index contributed by atoms with van der Waals surface area (Å²) < 4.78 is 0. The van der Waals surface area contributed by atoms with Crippen molar-refractivity contribution in [3.63, 3.8) is 0 Å². The van der Waals surface area contributed by atoms with Crippen LogP contribution in [0.3, 0.4) is 0 Å². The molecule has 3 nitrogen and oxygen atoms in total. The molecule has 0 spiro atoms. The van der Waals surface area contributed by atoms with Crippen molar-refractivity contribution in [1.82, 2.24) is 4.98 Å². The Hall–Kier alpha value is -4.34. The van der Waals surface area contributed by atoms with Gasteiger partial charge in [0.25, 0.3) is 0 Å². The maximum absolute atomic E-state index is 6.69. The summed E-state index contributed by atoms with van der Waals surface area (Å²) in [6, 6.07) is 36.7. The van der Waals surface area contributed by atoms with Crippen LogP contribution < -0.4 is 0 Å². The van der Waals surface area contributed by atoms with Gasteiger partial charge in [0.15, 0.2) is 0 Å². The molecule has 4 aromatic carbocycles. The molecule has 1 heterocycles. The SMILES string of the molecule is Cc1ccc(/N=C(\c2ccccc2)c2cccc(/C(=N/c3c(C)cc(C)cc3Cl)c3ccccc3)n2)c(C)c1. The third kappa shape index (κ3) is 6.05. The number of rotatable bonds is 6. The highest BCUT2D eigenvalue weighted by Gasteiger charge is 2.16. The largest absolute Gasteiger partial charge is 0.246 e. The Balaban J connectivity index is 1.70. The molecule has 4 heteroatoms. The molecule has 5 rings (SSSR count). The molecule has 0 radical (unpaired) electrons. The van der Waals surface area contributed by atoms with Crippen LogP contribution in [0.5, 0.6) is 0 Å². The van der Waals surface area contributed by atoms with Crippen LogP contribution in [0.2, 0.25) is 5.02 Å². The van der Waals surface area contributed by atoms with Gasteiger partial charge in [-0.3, -0.25) is 0 Å². The van der Waals surface area contributed by atoms with Crippen LogP contribution in [-0.2, 0) is 0 Å². The normalized spacial score (nSPS) is 12.0. The monoisotopic (exact) mass is 527 g/mol. The van der Waals surface area contributed by atoms with Gasteiger partial charge in [0.2, 0.25) is 0 Å². The zero-order chi connectivity index (χ0) is 27.4. The van der Waals surface area contributed by atoms with Gasteiger partial charge in [-0.2, -0.15) is 0 Å². The summed E-state index contributed by atoms with van der Waals surface area (Å²) in [4.78, 5) is 15.4. The van der Waals surface area contributed by atoms with E-state index in [2.05, 4.69) is 50.2 Å². The van der Waals surface area contributed by atoms with Gasteiger partial charge in [-0.1, -0.05) is 102 Å². The fourth-order valence-corrected chi connectivity index (χ4v) is 5.01. The van der Waals surface area contributed by atoms with Crippen LogP contribution in [0.1, 0.15) is 44.8 Å². The first-order valence-corrected chi connectivity index (χ1v) is 13.4. The predicted molar refractivity (Wildman–Crippen MR) is 165 cm³/mol. The summed E-state index contributed by atoms with van der Waals surface area (Å²) in [7, 11) is 0. The Morgan fingerprint density at radius 1 is 0.564 bits per heavy atom. The van der Waals surface area contributed by atoms with Gasteiger partial charge in [-0.15, -0.1) is 0 Å². The van der Waals surface area contributed by atoms with Crippen molar-refractivity contribution in [2.24, 2.45) is 9.98 Å². The third-order valence-corrected chi connectivity index (χ3v) is 6.82. The van der Waals surface area contributed by atoms with Crippen molar-refractivity contribution < 1.29 is 0 Å². The number of aromatic nitrogens is 1. The highest BCUT2D eigenvalue weighted by molar-refractivity contribution is 6.33. The predicted octanol–water partition coefficient (Wildman–Crippen LogP) is 9.31. The molecule has 1 aromatic heterocycles. The number of aryl methyl sites for hydroxylation is 4. The van der Waals surface area contributed by atoms with Crippen LogP contribution >= 0.6 is 11.6 Å². The minimum atomic E-state index is 0.624. The molecular formula is C35H30ClN3. The van der Waals surface area contributed by atoms with Crippen LogP contribution in [-0.4, -0.2) is 16.4 Å². The van der Waals surface area contributed by atoms with Crippen molar-refractivity contribution in [3.05, 3.63) is 159 Å². The lowest BCUT2D eigenvalue weighted by molar-refractivity contribution is 1.24. The molecule has 0 atom stereocenters. The van der Waals surface area contributed by atoms with E-state index in [9.17, 15) is 0 Å². The van der Waals surface area contributed by atoms with E-state index < -0.39 is 0 Å². The number of hydrogen-bond donors (Lipinski definition) is 0. The minimum absolute atomic E-state index is 0.624. The van der Waals surface area contributed by atoms with Crippen LogP contribution in [0.25, 0.3) is 0 Å². The Bertz CT molecular complexity index is 1660. The van der Waals surface area contributed by atoms with E-state index in [0.29, 0.717) is 5.02 Å². The second-order valence-corrected chi connectivity index (χ2v) is 10.2. The third-order valence-electron chi connectivity index (χ3n) is 6.54. The molecule has 5 aromatic rings. The summed E-state index contributed by atoms with van der Waals surface area (Å²) in [5.74, 6) is 0. The Morgan fingerprint density at radius 3 is 1.69 bits per heavy atom. The summed E-state index contributed by atoms with van der Waals surface area (Å²) in [6.07, 6.45) is 0. The number of halogens is 1. The number of aliphatic imine (C=N–C) groups is 2. The Kier molecular flexibility index (Phi) is 7.81. The van der Waals surface area contributed by atoms with Crippen molar-refractivity contribution >= 4 is 34.4 Å². The highest BCUT2D eigenvalue weighted by atomic mass is 35.5. The first-order valence-electron chi connectivity index (χ1n) is 13.0. The zero-order valence-electron chi connectivity index (χ0n) is 22.6. The topological polar surface area (TPSA) is 37.6 Å². The lowest BCUT2D eigenvalue weighted by atomic mass is 10.0. The molecule has 0 unspecified atom stereocenters. The zero-order valence-corrected chi connectivity index (χ0v) is 23.4.